The molecule has 0 bridgehead atoms. The molecule has 2 rings (SSSR count). The van der Waals surface area contributed by atoms with Crippen LogP contribution in [0.2, 0.25) is 0 Å². The van der Waals surface area contributed by atoms with Crippen LogP contribution in [-0.2, 0) is 32.1 Å². The van der Waals surface area contributed by atoms with E-state index in [1.807, 2.05) is 48.5 Å². The van der Waals surface area contributed by atoms with E-state index in [4.69, 9.17) is 9.47 Å². The lowest BCUT2D eigenvalue weighted by molar-refractivity contribution is -0.154. The number of hydrogen-bond donors (Lipinski definition) is 2. The molecular formula is C22H26N2O5. The number of methoxy groups -OCH3 is 1. The molecule has 1 unspecified atom stereocenters. The maximum absolute atomic E-state index is 12.1. The van der Waals surface area contributed by atoms with Gasteiger partial charge in [-0.2, -0.15) is 0 Å². The summed E-state index contributed by atoms with van der Waals surface area (Å²) in [6.45, 7) is 1.92. The maximum atomic E-state index is 12.1. The summed E-state index contributed by atoms with van der Waals surface area (Å²) in [5, 5.41) is 5.38. The number of amides is 2. The molecule has 2 aromatic rings. The highest BCUT2D eigenvalue weighted by Crippen LogP contribution is 2.16. The number of carbonyl (C=O) groups is 3. The Bertz CT molecular complexity index is 823. The summed E-state index contributed by atoms with van der Waals surface area (Å²) >= 11 is 0. The van der Waals surface area contributed by atoms with Crippen molar-refractivity contribution in [3.63, 3.8) is 0 Å². The second kappa shape index (κ2) is 11.5. The summed E-state index contributed by atoms with van der Waals surface area (Å²) in [5.74, 6) is -0.461. The molecule has 1 atom stereocenters. The Morgan fingerprint density at radius 1 is 0.966 bits per heavy atom. The first kappa shape index (κ1) is 21.9. The number of nitrogens with one attached hydrogen (secondary N) is 2. The predicted molar refractivity (Wildman–Crippen MR) is 108 cm³/mol. The number of rotatable bonds is 10. The van der Waals surface area contributed by atoms with Crippen LogP contribution in [0.15, 0.2) is 54.6 Å². The van der Waals surface area contributed by atoms with Gasteiger partial charge in [-0.1, -0.05) is 48.5 Å². The Balaban J connectivity index is 1.67. The molecule has 0 aliphatic heterocycles. The summed E-state index contributed by atoms with van der Waals surface area (Å²) in [7, 11) is 1.56. The largest absolute Gasteiger partial charge is 0.496 e. The van der Waals surface area contributed by atoms with Crippen LogP contribution in [0, 0.1) is 0 Å². The number of hydrogen-bond acceptors (Lipinski definition) is 5. The molecule has 0 saturated heterocycles. The van der Waals surface area contributed by atoms with Gasteiger partial charge >= 0.3 is 5.97 Å². The van der Waals surface area contributed by atoms with Crippen LogP contribution < -0.4 is 15.4 Å². The lowest BCUT2D eigenvalue weighted by Crippen LogP contribution is -2.36. The molecule has 0 aliphatic carbocycles. The Labute approximate surface area is 170 Å². The van der Waals surface area contributed by atoms with E-state index < -0.39 is 18.0 Å². The van der Waals surface area contributed by atoms with Crippen molar-refractivity contribution in [1.82, 2.24) is 10.6 Å². The quantitative estimate of drug-likeness (QED) is 0.597. The van der Waals surface area contributed by atoms with Crippen molar-refractivity contribution in [3.05, 3.63) is 65.7 Å². The van der Waals surface area contributed by atoms with Gasteiger partial charge in [0.2, 0.25) is 5.91 Å². The summed E-state index contributed by atoms with van der Waals surface area (Å²) in [4.78, 5) is 35.9. The molecule has 7 nitrogen and oxygen atoms in total. The van der Waals surface area contributed by atoms with E-state index in [0.29, 0.717) is 5.75 Å². The SMILES string of the molecule is COc1ccccc1CNC(=O)C(C)OC(=O)CCNC(=O)Cc1ccccc1. The van der Waals surface area contributed by atoms with Crippen LogP contribution in [0.4, 0.5) is 0 Å². The summed E-state index contributed by atoms with van der Waals surface area (Å²) in [5.41, 5.74) is 1.72. The van der Waals surface area contributed by atoms with Gasteiger partial charge in [0.15, 0.2) is 6.10 Å². The Kier molecular flexibility index (Phi) is 8.69. The molecule has 0 spiro atoms. The van der Waals surface area contributed by atoms with Crippen molar-refractivity contribution < 1.29 is 23.9 Å². The zero-order valence-electron chi connectivity index (χ0n) is 16.6. The van der Waals surface area contributed by atoms with Crippen LogP contribution in [0.25, 0.3) is 0 Å². The van der Waals surface area contributed by atoms with Crippen LogP contribution >= 0.6 is 0 Å². The Morgan fingerprint density at radius 3 is 2.38 bits per heavy atom. The lowest BCUT2D eigenvalue weighted by Gasteiger charge is -2.14. The molecule has 0 fully saturated rings. The minimum Gasteiger partial charge on any atom is -0.496 e. The standard InChI is InChI=1S/C22H26N2O5/c1-16(22(27)24-15-18-10-6-7-11-19(18)28-2)29-21(26)12-13-23-20(25)14-17-8-4-3-5-9-17/h3-11,16H,12-15H2,1-2H3,(H,23,25)(H,24,27). The number of para-hydroxylation sites is 1. The minimum atomic E-state index is -0.933. The molecule has 0 heterocycles. The summed E-state index contributed by atoms with van der Waals surface area (Å²) < 4.78 is 10.4. The predicted octanol–water partition coefficient (Wildman–Crippen LogP) is 1.99. The number of ether oxygens (including phenoxy) is 2. The van der Waals surface area contributed by atoms with Crippen molar-refractivity contribution in [3.8, 4) is 5.75 Å². The lowest BCUT2D eigenvalue weighted by atomic mass is 10.1. The second-order valence-corrected chi connectivity index (χ2v) is 6.42. The number of esters is 1. The molecule has 2 N–H and O–H groups in total. The highest BCUT2D eigenvalue weighted by Gasteiger charge is 2.18. The molecular weight excluding hydrogens is 372 g/mol. The molecule has 154 valence electrons. The van der Waals surface area contributed by atoms with Gasteiger partial charge in [0.25, 0.3) is 5.91 Å². The van der Waals surface area contributed by atoms with Gasteiger partial charge in [0, 0.05) is 18.7 Å². The molecule has 0 radical (unpaired) electrons. The Hall–Kier alpha value is -3.35. The first-order valence-electron chi connectivity index (χ1n) is 9.39. The number of benzene rings is 2. The van der Waals surface area contributed by atoms with E-state index in [1.54, 1.807) is 13.2 Å². The fraction of sp³-hybridized carbons (Fsp3) is 0.318. The molecule has 2 aromatic carbocycles. The second-order valence-electron chi connectivity index (χ2n) is 6.42. The molecule has 0 aromatic heterocycles. The smallest absolute Gasteiger partial charge is 0.308 e. The average Bonchev–Trinajstić information content (AvgIpc) is 2.72. The fourth-order valence-electron chi connectivity index (χ4n) is 2.63. The van der Waals surface area contributed by atoms with Gasteiger partial charge in [-0.3, -0.25) is 14.4 Å². The van der Waals surface area contributed by atoms with Gasteiger partial charge in [0.05, 0.1) is 20.0 Å². The monoisotopic (exact) mass is 398 g/mol. The third-order valence-electron chi connectivity index (χ3n) is 4.18. The number of carbonyl (C=O) groups excluding carboxylic acids is 3. The first-order chi connectivity index (χ1) is 14.0. The van der Waals surface area contributed by atoms with E-state index in [1.165, 1.54) is 6.92 Å². The van der Waals surface area contributed by atoms with Crippen molar-refractivity contribution in [1.29, 1.82) is 0 Å². The van der Waals surface area contributed by atoms with Crippen molar-refractivity contribution in [2.75, 3.05) is 13.7 Å². The van der Waals surface area contributed by atoms with Crippen molar-refractivity contribution >= 4 is 17.8 Å². The fourth-order valence-corrected chi connectivity index (χ4v) is 2.63. The van der Waals surface area contributed by atoms with E-state index in [0.717, 1.165) is 11.1 Å². The van der Waals surface area contributed by atoms with Crippen molar-refractivity contribution in [2.45, 2.75) is 32.4 Å². The van der Waals surface area contributed by atoms with Gasteiger partial charge in [-0.15, -0.1) is 0 Å². The summed E-state index contributed by atoms with van der Waals surface area (Å²) in [6, 6.07) is 16.7. The normalized spacial score (nSPS) is 11.2. The third-order valence-corrected chi connectivity index (χ3v) is 4.18. The highest BCUT2D eigenvalue weighted by atomic mass is 16.5. The molecule has 29 heavy (non-hydrogen) atoms. The van der Waals surface area contributed by atoms with Gasteiger partial charge < -0.3 is 20.1 Å². The van der Waals surface area contributed by atoms with Gasteiger partial charge in [-0.05, 0) is 18.6 Å². The average molecular weight is 398 g/mol. The Morgan fingerprint density at radius 2 is 1.66 bits per heavy atom. The van der Waals surface area contributed by atoms with E-state index in [9.17, 15) is 14.4 Å². The minimum absolute atomic E-state index is 0.00927. The van der Waals surface area contributed by atoms with E-state index in [2.05, 4.69) is 10.6 Å². The highest BCUT2D eigenvalue weighted by molar-refractivity contribution is 5.83. The third kappa shape index (κ3) is 7.65. The molecule has 7 heteroatoms. The summed E-state index contributed by atoms with van der Waals surface area (Å²) in [6.07, 6.45) is -0.695. The zero-order valence-corrected chi connectivity index (χ0v) is 16.6. The van der Waals surface area contributed by atoms with Crippen LogP contribution in [0.3, 0.4) is 0 Å². The molecule has 2 amide bonds. The maximum Gasteiger partial charge on any atom is 0.308 e. The molecule has 0 aliphatic rings. The van der Waals surface area contributed by atoms with Gasteiger partial charge in [-0.25, -0.2) is 0 Å². The van der Waals surface area contributed by atoms with Crippen LogP contribution in [-0.4, -0.2) is 37.5 Å². The molecule has 0 saturated carbocycles. The van der Waals surface area contributed by atoms with Crippen LogP contribution in [0.5, 0.6) is 5.75 Å². The van der Waals surface area contributed by atoms with Crippen LogP contribution in [0.1, 0.15) is 24.5 Å². The van der Waals surface area contributed by atoms with E-state index >= 15 is 0 Å². The zero-order chi connectivity index (χ0) is 21.1. The first-order valence-corrected chi connectivity index (χ1v) is 9.39. The van der Waals surface area contributed by atoms with Gasteiger partial charge in [0.1, 0.15) is 5.75 Å². The van der Waals surface area contributed by atoms with E-state index in [-0.39, 0.29) is 31.8 Å². The topological polar surface area (TPSA) is 93.7 Å². The van der Waals surface area contributed by atoms with Crippen molar-refractivity contribution in [2.24, 2.45) is 0 Å².